The minimum atomic E-state index is -0.871. The maximum absolute atomic E-state index is 10.6. The lowest BCUT2D eigenvalue weighted by atomic mass is 9.99. The Kier molecular flexibility index (Phi) is 1.68. The number of nitrogens with zero attached hydrogens (tertiary/aromatic N) is 4. The van der Waals surface area contributed by atoms with Crippen molar-refractivity contribution in [2.24, 2.45) is 0 Å². The van der Waals surface area contributed by atoms with E-state index in [2.05, 4.69) is 10.1 Å². The quantitative estimate of drug-likeness (QED) is 0.673. The SMILES string of the molecule is C[C@H]1[C@H](n2cncn2)CN1C(=O)O. The van der Waals surface area contributed by atoms with Crippen molar-refractivity contribution in [1.29, 1.82) is 0 Å². The van der Waals surface area contributed by atoms with E-state index in [9.17, 15) is 4.79 Å². The molecule has 1 fully saturated rings. The smallest absolute Gasteiger partial charge is 0.407 e. The molecule has 1 aliphatic heterocycles. The van der Waals surface area contributed by atoms with E-state index in [0.29, 0.717) is 6.54 Å². The fraction of sp³-hybridized carbons (Fsp3) is 0.571. The van der Waals surface area contributed by atoms with Crippen molar-refractivity contribution < 1.29 is 9.90 Å². The van der Waals surface area contributed by atoms with Crippen LogP contribution in [0.25, 0.3) is 0 Å². The van der Waals surface area contributed by atoms with Gasteiger partial charge in [-0.3, -0.25) is 0 Å². The molecule has 70 valence electrons. The Morgan fingerprint density at radius 3 is 2.92 bits per heavy atom. The average Bonchev–Trinajstić information content (AvgIpc) is 2.54. The fourth-order valence-electron chi connectivity index (χ4n) is 1.54. The Morgan fingerprint density at radius 1 is 1.69 bits per heavy atom. The van der Waals surface area contributed by atoms with Crippen LogP contribution in [0, 0.1) is 0 Å². The van der Waals surface area contributed by atoms with Crippen molar-refractivity contribution in [3.63, 3.8) is 0 Å². The van der Waals surface area contributed by atoms with E-state index >= 15 is 0 Å². The van der Waals surface area contributed by atoms with Gasteiger partial charge >= 0.3 is 6.09 Å². The molecular weight excluding hydrogens is 172 g/mol. The van der Waals surface area contributed by atoms with Crippen LogP contribution in [0.5, 0.6) is 0 Å². The van der Waals surface area contributed by atoms with Crippen LogP contribution in [0.4, 0.5) is 4.79 Å². The highest BCUT2D eigenvalue weighted by Gasteiger charge is 2.40. The lowest BCUT2D eigenvalue weighted by molar-refractivity contribution is 0.0335. The third kappa shape index (κ3) is 1.14. The zero-order valence-electron chi connectivity index (χ0n) is 7.16. The molecule has 2 atom stereocenters. The number of carboxylic acid groups (broad SMARTS) is 1. The van der Waals surface area contributed by atoms with Gasteiger partial charge in [-0.1, -0.05) is 0 Å². The third-order valence-electron chi connectivity index (χ3n) is 2.45. The van der Waals surface area contributed by atoms with Gasteiger partial charge in [-0.15, -0.1) is 0 Å². The first kappa shape index (κ1) is 8.03. The highest BCUT2D eigenvalue weighted by atomic mass is 16.4. The van der Waals surface area contributed by atoms with Crippen LogP contribution in [-0.4, -0.2) is 43.5 Å². The number of likely N-dealkylation sites (tertiary alicyclic amines) is 1. The number of carbonyl (C=O) groups is 1. The van der Waals surface area contributed by atoms with Crippen LogP contribution in [0.2, 0.25) is 0 Å². The summed E-state index contributed by atoms with van der Waals surface area (Å²) in [7, 11) is 0. The normalized spacial score (nSPS) is 27.0. The van der Waals surface area contributed by atoms with E-state index in [4.69, 9.17) is 5.11 Å². The summed E-state index contributed by atoms with van der Waals surface area (Å²) in [6.45, 7) is 2.36. The van der Waals surface area contributed by atoms with Crippen LogP contribution >= 0.6 is 0 Å². The van der Waals surface area contributed by atoms with Gasteiger partial charge in [-0.2, -0.15) is 5.10 Å². The van der Waals surface area contributed by atoms with Crippen LogP contribution < -0.4 is 0 Å². The largest absolute Gasteiger partial charge is 0.465 e. The zero-order valence-corrected chi connectivity index (χ0v) is 7.16. The highest BCUT2D eigenvalue weighted by Crippen LogP contribution is 2.27. The number of hydrogen-bond donors (Lipinski definition) is 1. The molecule has 0 radical (unpaired) electrons. The van der Waals surface area contributed by atoms with Gasteiger partial charge in [0.1, 0.15) is 12.7 Å². The summed E-state index contributed by atoms with van der Waals surface area (Å²) in [5.41, 5.74) is 0. The first-order valence-corrected chi connectivity index (χ1v) is 4.04. The van der Waals surface area contributed by atoms with Gasteiger partial charge in [-0.05, 0) is 6.92 Å². The molecule has 6 nitrogen and oxygen atoms in total. The fourth-order valence-corrected chi connectivity index (χ4v) is 1.54. The molecule has 2 heterocycles. The standard InChI is InChI=1S/C7H10N4O2/c1-5-6(2-10(5)7(12)13)11-4-8-3-9-11/h3-6H,2H2,1H3,(H,12,13)/t5-,6+/m0/s1. The van der Waals surface area contributed by atoms with Crippen molar-refractivity contribution >= 4 is 6.09 Å². The molecule has 0 spiro atoms. The van der Waals surface area contributed by atoms with E-state index < -0.39 is 6.09 Å². The lowest BCUT2D eigenvalue weighted by Gasteiger charge is -2.43. The first-order chi connectivity index (χ1) is 6.20. The molecule has 13 heavy (non-hydrogen) atoms. The maximum atomic E-state index is 10.6. The molecule has 1 amide bonds. The van der Waals surface area contributed by atoms with Gasteiger partial charge in [0.25, 0.3) is 0 Å². The van der Waals surface area contributed by atoms with E-state index in [1.54, 1.807) is 11.0 Å². The third-order valence-corrected chi connectivity index (χ3v) is 2.45. The van der Waals surface area contributed by atoms with E-state index in [1.165, 1.54) is 11.2 Å². The Bertz CT molecular complexity index is 310. The van der Waals surface area contributed by atoms with Gasteiger partial charge < -0.3 is 10.0 Å². The van der Waals surface area contributed by atoms with Gasteiger partial charge in [0.2, 0.25) is 0 Å². The molecule has 2 rings (SSSR count). The summed E-state index contributed by atoms with van der Waals surface area (Å²) >= 11 is 0. The van der Waals surface area contributed by atoms with Gasteiger partial charge in [-0.25, -0.2) is 14.5 Å². The molecule has 0 aromatic carbocycles. The van der Waals surface area contributed by atoms with Crippen molar-refractivity contribution in [3.8, 4) is 0 Å². The monoisotopic (exact) mass is 182 g/mol. The highest BCUT2D eigenvalue weighted by molar-refractivity contribution is 5.66. The van der Waals surface area contributed by atoms with Crippen LogP contribution in [0.3, 0.4) is 0 Å². The molecular formula is C7H10N4O2. The predicted molar refractivity (Wildman–Crippen MR) is 43.3 cm³/mol. The molecule has 0 bridgehead atoms. The van der Waals surface area contributed by atoms with Crippen LogP contribution in [0.15, 0.2) is 12.7 Å². The summed E-state index contributed by atoms with van der Waals surface area (Å²) in [5.74, 6) is 0. The lowest BCUT2D eigenvalue weighted by Crippen LogP contribution is -2.57. The number of hydrogen-bond acceptors (Lipinski definition) is 3. The summed E-state index contributed by atoms with van der Waals surface area (Å²) in [5, 5.41) is 12.7. The number of aromatic nitrogens is 3. The molecule has 0 saturated carbocycles. The maximum Gasteiger partial charge on any atom is 0.407 e. The first-order valence-electron chi connectivity index (χ1n) is 4.04. The molecule has 1 N–H and O–H groups in total. The van der Waals surface area contributed by atoms with E-state index in [0.717, 1.165) is 0 Å². The topological polar surface area (TPSA) is 71.2 Å². The van der Waals surface area contributed by atoms with Gasteiger partial charge in [0.15, 0.2) is 0 Å². The molecule has 6 heteroatoms. The Labute approximate surface area is 74.8 Å². The van der Waals surface area contributed by atoms with Crippen LogP contribution in [-0.2, 0) is 0 Å². The van der Waals surface area contributed by atoms with Crippen molar-refractivity contribution in [1.82, 2.24) is 19.7 Å². The summed E-state index contributed by atoms with van der Waals surface area (Å²) in [6, 6.07) is 0.123. The molecule has 1 aliphatic rings. The van der Waals surface area contributed by atoms with E-state index in [1.807, 2.05) is 6.92 Å². The average molecular weight is 182 g/mol. The molecule has 0 unspecified atom stereocenters. The zero-order chi connectivity index (χ0) is 9.42. The number of amides is 1. The Balaban J connectivity index is 2.05. The minimum Gasteiger partial charge on any atom is -0.465 e. The van der Waals surface area contributed by atoms with Crippen molar-refractivity contribution in [3.05, 3.63) is 12.7 Å². The minimum absolute atomic E-state index is 0.0146. The summed E-state index contributed by atoms with van der Waals surface area (Å²) < 4.78 is 1.70. The van der Waals surface area contributed by atoms with Gasteiger partial charge in [0, 0.05) is 6.54 Å². The molecule has 1 aromatic heterocycles. The Hall–Kier alpha value is -1.59. The van der Waals surface area contributed by atoms with Crippen molar-refractivity contribution in [2.45, 2.75) is 19.0 Å². The van der Waals surface area contributed by atoms with Gasteiger partial charge in [0.05, 0.1) is 12.1 Å². The molecule has 1 aromatic rings. The summed E-state index contributed by atoms with van der Waals surface area (Å²) in [4.78, 5) is 15.8. The molecule has 0 aliphatic carbocycles. The summed E-state index contributed by atoms with van der Waals surface area (Å²) in [6.07, 6.45) is 2.19. The second-order valence-corrected chi connectivity index (χ2v) is 3.12. The van der Waals surface area contributed by atoms with Crippen LogP contribution in [0.1, 0.15) is 13.0 Å². The van der Waals surface area contributed by atoms with E-state index in [-0.39, 0.29) is 12.1 Å². The number of rotatable bonds is 1. The molecule has 1 saturated heterocycles. The second kappa shape index (κ2) is 2.72. The predicted octanol–water partition coefficient (Wildman–Crippen LogP) is 0.201. The Morgan fingerprint density at radius 2 is 2.46 bits per heavy atom. The van der Waals surface area contributed by atoms with Crippen molar-refractivity contribution in [2.75, 3.05) is 6.54 Å². The second-order valence-electron chi connectivity index (χ2n) is 3.12.